The van der Waals surface area contributed by atoms with Gasteiger partial charge >= 0.3 is 0 Å². The van der Waals surface area contributed by atoms with Gasteiger partial charge in [-0.2, -0.15) is 0 Å². The molecule has 1 aliphatic heterocycles. The molecule has 0 aliphatic carbocycles. The van der Waals surface area contributed by atoms with Gasteiger partial charge in [-0.25, -0.2) is 0 Å². The number of halogens is 3. The highest BCUT2D eigenvalue weighted by Crippen LogP contribution is 2.45. The minimum Gasteiger partial charge on any atom is -0.488 e. The first kappa shape index (κ1) is 20.4. The topological polar surface area (TPSA) is 29.5 Å². The van der Waals surface area contributed by atoms with E-state index >= 15 is 0 Å². The number of carbonyl (C=O) groups is 1. The van der Waals surface area contributed by atoms with E-state index in [1.165, 1.54) is 11.8 Å². The Morgan fingerprint density at radius 3 is 2.45 bits per heavy atom. The monoisotopic (exact) mass is 463 g/mol. The van der Waals surface area contributed by atoms with Crippen LogP contribution in [0.3, 0.4) is 0 Å². The number of hydrogen-bond acceptors (Lipinski definition) is 3. The van der Waals surface area contributed by atoms with E-state index in [0.29, 0.717) is 33.2 Å². The number of benzene rings is 3. The molecule has 1 saturated heterocycles. The Morgan fingerprint density at radius 2 is 1.69 bits per heavy atom. The second-order valence-corrected chi connectivity index (χ2v) is 8.81. The van der Waals surface area contributed by atoms with Crippen LogP contribution in [0.15, 0.2) is 66.7 Å². The van der Waals surface area contributed by atoms with Crippen molar-refractivity contribution in [1.29, 1.82) is 0 Å². The van der Waals surface area contributed by atoms with E-state index in [1.807, 2.05) is 48.5 Å². The fourth-order valence-electron chi connectivity index (χ4n) is 3.15. The Balaban J connectivity index is 1.66. The highest BCUT2D eigenvalue weighted by atomic mass is 35.5. The van der Waals surface area contributed by atoms with Gasteiger partial charge < -0.3 is 4.74 Å². The molecule has 3 aromatic carbocycles. The molecule has 1 aliphatic rings. The first-order valence-corrected chi connectivity index (χ1v) is 11.1. The molecule has 0 aromatic heterocycles. The quantitative estimate of drug-likeness (QED) is 0.407. The molecule has 0 N–H and O–H groups in total. The molecule has 0 radical (unpaired) electrons. The number of thioether (sulfide) groups is 1. The number of amides is 1. The Hall–Kier alpha value is -1.85. The molecule has 4 rings (SSSR count). The number of anilines is 1. The maximum atomic E-state index is 12.6. The molecule has 0 spiro atoms. The lowest BCUT2D eigenvalue weighted by Crippen LogP contribution is -2.28. The van der Waals surface area contributed by atoms with Crippen molar-refractivity contribution < 1.29 is 9.53 Å². The molecule has 0 bridgehead atoms. The van der Waals surface area contributed by atoms with E-state index < -0.39 is 0 Å². The Bertz CT molecular complexity index is 1040. The lowest BCUT2D eigenvalue weighted by molar-refractivity contribution is -0.115. The molecule has 0 unspecified atom stereocenters. The van der Waals surface area contributed by atoms with Crippen LogP contribution in [0.5, 0.6) is 5.75 Å². The van der Waals surface area contributed by atoms with Crippen LogP contribution in [0.4, 0.5) is 5.69 Å². The van der Waals surface area contributed by atoms with E-state index in [4.69, 9.17) is 39.5 Å². The molecule has 29 heavy (non-hydrogen) atoms. The van der Waals surface area contributed by atoms with E-state index in [1.54, 1.807) is 23.1 Å². The van der Waals surface area contributed by atoms with Crippen molar-refractivity contribution in [1.82, 2.24) is 0 Å². The third-order valence-corrected chi connectivity index (χ3v) is 6.60. The summed E-state index contributed by atoms with van der Waals surface area (Å²) >= 11 is 20.1. The molecule has 3 nitrogen and oxygen atoms in total. The molecule has 1 amide bonds. The number of carbonyl (C=O) groups excluding carboxylic acids is 1. The zero-order valence-electron chi connectivity index (χ0n) is 15.1. The van der Waals surface area contributed by atoms with Crippen LogP contribution in [-0.2, 0) is 11.4 Å². The van der Waals surface area contributed by atoms with Gasteiger partial charge in [0.1, 0.15) is 17.7 Å². The van der Waals surface area contributed by atoms with E-state index in [0.717, 1.165) is 16.8 Å². The van der Waals surface area contributed by atoms with E-state index in [2.05, 4.69) is 0 Å². The highest BCUT2D eigenvalue weighted by molar-refractivity contribution is 8.00. The highest BCUT2D eigenvalue weighted by Gasteiger charge is 2.36. The summed E-state index contributed by atoms with van der Waals surface area (Å²) in [4.78, 5) is 14.4. The average Bonchev–Trinajstić information content (AvgIpc) is 3.10. The summed E-state index contributed by atoms with van der Waals surface area (Å²) in [7, 11) is 0. The van der Waals surface area contributed by atoms with E-state index in [-0.39, 0.29) is 11.3 Å². The Morgan fingerprint density at radius 1 is 0.966 bits per heavy atom. The summed E-state index contributed by atoms with van der Waals surface area (Å²) in [6.45, 7) is 0.320. The third kappa shape index (κ3) is 4.51. The predicted molar refractivity (Wildman–Crippen MR) is 121 cm³/mol. The first-order chi connectivity index (χ1) is 14.0. The van der Waals surface area contributed by atoms with Crippen LogP contribution in [0, 0.1) is 0 Å². The van der Waals surface area contributed by atoms with Gasteiger partial charge in [-0.05, 0) is 48.5 Å². The summed E-state index contributed by atoms with van der Waals surface area (Å²) in [5.41, 5.74) is 2.52. The zero-order valence-corrected chi connectivity index (χ0v) is 18.2. The molecule has 7 heteroatoms. The van der Waals surface area contributed by atoms with Gasteiger partial charge in [0.15, 0.2) is 0 Å². The molecule has 1 atom stereocenters. The standard InChI is InChI=1S/C22H16Cl3NO2S/c23-15-5-8-17(9-6-15)26-21(27)13-29-22(26)18-11-16(24)7-10-20(18)28-12-14-3-1-2-4-19(14)25/h1-11,22H,12-13H2/t22-/m0/s1. The Labute approximate surface area is 188 Å². The number of hydrogen-bond donors (Lipinski definition) is 0. The number of ether oxygens (including phenoxy) is 1. The lowest BCUT2D eigenvalue weighted by Gasteiger charge is -2.26. The number of rotatable bonds is 5. The van der Waals surface area contributed by atoms with Crippen LogP contribution >= 0.6 is 46.6 Å². The second kappa shape index (κ2) is 8.88. The minimum absolute atomic E-state index is 0.0272. The molecule has 0 saturated carbocycles. The fraction of sp³-hybridized carbons (Fsp3) is 0.136. The normalized spacial score (nSPS) is 16.3. The molecular weight excluding hydrogens is 449 g/mol. The van der Waals surface area contributed by atoms with Crippen molar-refractivity contribution in [2.45, 2.75) is 12.0 Å². The van der Waals surface area contributed by atoms with Gasteiger partial charge in [-0.3, -0.25) is 9.69 Å². The van der Waals surface area contributed by atoms with E-state index in [9.17, 15) is 4.79 Å². The van der Waals surface area contributed by atoms with Crippen molar-refractivity contribution >= 4 is 58.2 Å². The number of nitrogens with zero attached hydrogens (tertiary/aromatic N) is 1. The summed E-state index contributed by atoms with van der Waals surface area (Å²) in [6.07, 6.45) is 0. The van der Waals surface area contributed by atoms with Gasteiger partial charge in [-0.15, -0.1) is 11.8 Å². The van der Waals surface area contributed by atoms with Gasteiger partial charge in [0.2, 0.25) is 5.91 Å². The van der Waals surface area contributed by atoms with Crippen LogP contribution in [0.1, 0.15) is 16.5 Å². The van der Waals surface area contributed by atoms with Crippen molar-refractivity contribution in [2.75, 3.05) is 10.7 Å². The lowest BCUT2D eigenvalue weighted by atomic mass is 10.1. The summed E-state index contributed by atoms with van der Waals surface area (Å²) in [6, 6.07) is 20.2. The smallest absolute Gasteiger partial charge is 0.238 e. The average molecular weight is 465 g/mol. The second-order valence-electron chi connectivity index (χ2n) is 6.47. The molecular formula is C22H16Cl3NO2S. The van der Waals surface area contributed by atoms with Gasteiger partial charge in [0.05, 0.1) is 5.75 Å². The SMILES string of the molecule is O=C1CS[C@@H](c2cc(Cl)ccc2OCc2ccccc2Cl)N1c1ccc(Cl)cc1. The summed E-state index contributed by atoms with van der Waals surface area (Å²) < 4.78 is 6.09. The molecule has 1 fully saturated rings. The summed E-state index contributed by atoms with van der Waals surface area (Å²) in [5.74, 6) is 1.07. The maximum absolute atomic E-state index is 12.6. The van der Waals surface area contributed by atoms with Gasteiger partial charge in [0, 0.05) is 31.9 Å². The van der Waals surface area contributed by atoms with Crippen molar-refractivity contribution in [3.8, 4) is 5.75 Å². The van der Waals surface area contributed by atoms with Crippen molar-refractivity contribution in [2.24, 2.45) is 0 Å². The van der Waals surface area contributed by atoms with Crippen LogP contribution in [0.2, 0.25) is 15.1 Å². The van der Waals surface area contributed by atoms with Crippen molar-refractivity contribution in [3.05, 3.63) is 92.9 Å². The maximum Gasteiger partial charge on any atom is 0.238 e. The third-order valence-electron chi connectivity index (χ3n) is 4.55. The zero-order chi connectivity index (χ0) is 20.4. The summed E-state index contributed by atoms with van der Waals surface area (Å²) in [5, 5.41) is 1.61. The Kier molecular flexibility index (Phi) is 6.26. The van der Waals surface area contributed by atoms with Crippen LogP contribution in [0.25, 0.3) is 0 Å². The van der Waals surface area contributed by atoms with Crippen LogP contribution < -0.4 is 9.64 Å². The fourth-order valence-corrected chi connectivity index (χ4v) is 4.84. The molecule has 1 heterocycles. The van der Waals surface area contributed by atoms with Gasteiger partial charge in [0.25, 0.3) is 0 Å². The van der Waals surface area contributed by atoms with Gasteiger partial charge in [-0.1, -0.05) is 53.0 Å². The molecule has 148 valence electrons. The predicted octanol–water partition coefficient (Wildman–Crippen LogP) is 7.00. The first-order valence-electron chi connectivity index (χ1n) is 8.88. The van der Waals surface area contributed by atoms with Crippen molar-refractivity contribution in [3.63, 3.8) is 0 Å². The minimum atomic E-state index is -0.247. The van der Waals surface area contributed by atoms with Crippen LogP contribution in [-0.4, -0.2) is 11.7 Å². The molecule has 3 aromatic rings. The largest absolute Gasteiger partial charge is 0.488 e.